The number of ketones is 1. The van der Waals surface area contributed by atoms with Gasteiger partial charge in [0.1, 0.15) is 5.58 Å². The number of rotatable bonds is 6. The number of carbonyl (C=O) groups is 2. The van der Waals surface area contributed by atoms with Crippen molar-refractivity contribution in [1.82, 2.24) is 4.98 Å². The number of hydrogen-bond donors (Lipinski definition) is 1. The van der Waals surface area contributed by atoms with Gasteiger partial charge in [0, 0.05) is 33.6 Å². The van der Waals surface area contributed by atoms with Gasteiger partial charge in [-0.05, 0) is 49.1 Å². The van der Waals surface area contributed by atoms with Gasteiger partial charge in [-0.2, -0.15) is 0 Å². The van der Waals surface area contributed by atoms with E-state index in [0.717, 1.165) is 50.5 Å². The summed E-state index contributed by atoms with van der Waals surface area (Å²) in [5.41, 5.74) is 6.43. The van der Waals surface area contributed by atoms with Crippen LogP contribution in [0.15, 0.2) is 47.2 Å². The van der Waals surface area contributed by atoms with E-state index < -0.39 is 5.97 Å². The molecule has 0 saturated carbocycles. The van der Waals surface area contributed by atoms with Gasteiger partial charge in [0.2, 0.25) is 5.78 Å². The highest BCUT2D eigenvalue weighted by molar-refractivity contribution is 6.09. The number of aromatic amines is 1. The van der Waals surface area contributed by atoms with Crippen molar-refractivity contribution in [3.05, 3.63) is 70.6 Å². The van der Waals surface area contributed by atoms with Crippen LogP contribution in [0.3, 0.4) is 0 Å². The molecule has 0 atom stereocenters. The first kappa shape index (κ1) is 19.0. The van der Waals surface area contributed by atoms with E-state index in [9.17, 15) is 9.59 Å². The van der Waals surface area contributed by atoms with Crippen LogP contribution in [0.5, 0.6) is 0 Å². The summed E-state index contributed by atoms with van der Waals surface area (Å²) in [6.07, 6.45) is 4.21. The van der Waals surface area contributed by atoms with Gasteiger partial charge in [-0.3, -0.25) is 9.59 Å². The van der Waals surface area contributed by atoms with Crippen LogP contribution in [0.1, 0.15) is 39.5 Å². The average Bonchev–Trinajstić information content (AvgIpc) is 3.31. The van der Waals surface area contributed by atoms with Crippen LogP contribution in [-0.4, -0.2) is 23.3 Å². The molecule has 0 saturated heterocycles. The van der Waals surface area contributed by atoms with Crippen molar-refractivity contribution in [3.63, 3.8) is 0 Å². The number of aryl methyl sites for hydroxylation is 3. The molecule has 0 bridgehead atoms. The number of furan rings is 1. The van der Waals surface area contributed by atoms with Gasteiger partial charge in [0.25, 0.3) is 0 Å². The first-order chi connectivity index (χ1) is 14.0. The summed E-state index contributed by atoms with van der Waals surface area (Å²) in [4.78, 5) is 28.1. The Labute approximate surface area is 168 Å². The molecule has 1 N–H and O–H groups in total. The minimum Gasteiger partial charge on any atom is -0.464 e. The third-order valence-electron chi connectivity index (χ3n) is 5.45. The number of H-pyrrole nitrogens is 1. The van der Waals surface area contributed by atoms with Crippen molar-refractivity contribution >= 4 is 33.6 Å². The number of Topliss-reactive ketones (excluding diaryl/α,β-unsaturated/α-hetero) is 1. The molecule has 0 spiro atoms. The largest absolute Gasteiger partial charge is 0.464 e. The molecule has 2 aromatic carbocycles. The van der Waals surface area contributed by atoms with Crippen molar-refractivity contribution < 1.29 is 18.7 Å². The number of ether oxygens (including phenoxy) is 1. The van der Waals surface area contributed by atoms with Crippen molar-refractivity contribution in [3.8, 4) is 0 Å². The van der Waals surface area contributed by atoms with Gasteiger partial charge in [-0.25, -0.2) is 0 Å². The minimum absolute atomic E-state index is 0.0661. The third kappa shape index (κ3) is 3.56. The first-order valence-corrected chi connectivity index (χ1v) is 9.73. The van der Waals surface area contributed by atoms with E-state index in [2.05, 4.69) is 11.9 Å². The van der Waals surface area contributed by atoms with Crippen LogP contribution < -0.4 is 0 Å². The van der Waals surface area contributed by atoms with Crippen LogP contribution in [-0.2, 0) is 22.4 Å². The summed E-state index contributed by atoms with van der Waals surface area (Å²) in [6.45, 7) is 5.83. The maximum atomic E-state index is 12.6. The molecule has 0 fully saturated rings. The summed E-state index contributed by atoms with van der Waals surface area (Å²) < 4.78 is 10.8. The molecule has 5 heteroatoms. The van der Waals surface area contributed by atoms with E-state index in [-0.39, 0.29) is 18.8 Å². The van der Waals surface area contributed by atoms with Crippen LogP contribution in [0.4, 0.5) is 0 Å². The molecule has 2 aromatic heterocycles. The molecule has 5 nitrogen and oxygen atoms in total. The lowest BCUT2D eigenvalue weighted by molar-refractivity contribution is -0.141. The number of carbonyl (C=O) groups excluding carboxylic acids is 2. The Morgan fingerprint density at radius 3 is 2.66 bits per heavy atom. The molecule has 2 heterocycles. The monoisotopic (exact) mass is 389 g/mol. The second kappa shape index (κ2) is 7.59. The van der Waals surface area contributed by atoms with Crippen LogP contribution in [0.2, 0.25) is 0 Å². The lowest BCUT2D eigenvalue weighted by atomic mass is 10.0. The van der Waals surface area contributed by atoms with E-state index in [4.69, 9.17) is 9.15 Å². The van der Waals surface area contributed by atoms with Gasteiger partial charge < -0.3 is 14.1 Å². The third-order valence-corrected chi connectivity index (χ3v) is 5.45. The predicted octanol–water partition coefficient (Wildman–Crippen LogP) is 5.06. The Balaban J connectivity index is 1.45. The molecule has 29 heavy (non-hydrogen) atoms. The van der Waals surface area contributed by atoms with Gasteiger partial charge in [-0.1, -0.05) is 25.1 Å². The zero-order valence-electron chi connectivity index (χ0n) is 16.8. The fraction of sp³-hybridized carbons (Fsp3) is 0.250. The van der Waals surface area contributed by atoms with E-state index in [1.807, 2.05) is 44.2 Å². The Kier molecular flexibility index (Phi) is 4.97. The zero-order valence-corrected chi connectivity index (χ0v) is 16.8. The van der Waals surface area contributed by atoms with E-state index in [1.54, 1.807) is 12.5 Å². The first-order valence-electron chi connectivity index (χ1n) is 9.73. The van der Waals surface area contributed by atoms with Crippen molar-refractivity contribution in [2.75, 3.05) is 6.61 Å². The number of aromatic nitrogens is 1. The number of esters is 1. The topological polar surface area (TPSA) is 72.3 Å². The molecule has 0 unspecified atom stereocenters. The molecule has 0 radical (unpaired) electrons. The molecular weight excluding hydrogens is 366 g/mol. The number of fused-ring (bicyclic) bond motifs is 2. The molecule has 4 aromatic rings. The second-order valence-electron chi connectivity index (χ2n) is 7.35. The van der Waals surface area contributed by atoms with Gasteiger partial charge >= 0.3 is 5.97 Å². The Morgan fingerprint density at radius 1 is 1.07 bits per heavy atom. The predicted molar refractivity (Wildman–Crippen MR) is 112 cm³/mol. The number of hydrogen-bond acceptors (Lipinski definition) is 4. The van der Waals surface area contributed by atoms with Gasteiger partial charge in [0.05, 0.1) is 12.7 Å². The Bertz CT molecular complexity index is 1230. The van der Waals surface area contributed by atoms with Crippen molar-refractivity contribution in [2.24, 2.45) is 0 Å². The quantitative estimate of drug-likeness (QED) is 0.369. The SMILES string of the molecule is CCc1cccc2c(C(=O)COC(=O)Cc3coc4cc(C)c(C)cc34)c[nH]c12. The maximum Gasteiger partial charge on any atom is 0.310 e. The molecule has 0 aliphatic carbocycles. The molecule has 0 amide bonds. The van der Waals surface area contributed by atoms with E-state index >= 15 is 0 Å². The summed E-state index contributed by atoms with van der Waals surface area (Å²) in [5.74, 6) is -0.672. The normalized spacial score (nSPS) is 11.3. The van der Waals surface area contributed by atoms with Crippen molar-refractivity contribution in [2.45, 2.75) is 33.6 Å². The van der Waals surface area contributed by atoms with Crippen molar-refractivity contribution in [1.29, 1.82) is 0 Å². The Morgan fingerprint density at radius 2 is 1.86 bits per heavy atom. The highest BCUT2D eigenvalue weighted by atomic mass is 16.5. The highest BCUT2D eigenvalue weighted by Gasteiger charge is 2.17. The van der Waals surface area contributed by atoms with Gasteiger partial charge in [-0.15, -0.1) is 0 Å². The van der Waals surface area contributed by atoms with E-state index in [1.165, 1.54) is 0 Å². The summed E-state index contributed by atoms with van der Waals surface area (Å²) in [7, 11) is 0. The smallest absolute Gasteiger partial charge is 0.310 e. The Hall–Kier alpha value is -3.34. The standard InChI is InChI=1S/C24H23NO4/c1-4-16-6-5-7-18-20(11-25-24(16)18)21(26)13-29-23(27)10-17-12-28-22-9-15(3)14(2)8-19(17)22/h5-9,11-12,25H,4,10,13H2,1-3H3. The zero-order chi connectivity index (χ0) is 20.5. The fourth-order valence-corrected chi connectivity index (χ4v) is 3.65. The fourth-order valence-electron chi connectivity index (χ4n) is 3.65. The minimum atomic E-state index is -0.451. The summed E-state index contributed by atoms with van der Waals surface area (Å²) >= 11 is 0. The lowest BCUT2D eigenvalue weighted by Crippen LogP contribution is -2.15. The number of nitrogens with one attached hydrogen (secondary N) is 1. The lowest BCUT2D eigenvalue weighted by Gasteiger charge is -2.05. The summed E-state index contributed by atoms with van der Waals surface area (Å²) in [6, 6.07) is 9.85. The molecule has 4 rings (SSSR count). The molecule has 148 valence electrons. The van der Waals surface area contributed by atoms with E-state index in [0.29, 0.717) is 5.56 Å². The molecule has 0 aliphatic rings. The molecule has 0 aliphatic heterocycles. The summed E-state index contributed by atoms with van der Waals surface area (Å²) in [5, 5.41) is 1.76. The second-order valence-corrected chi connectivity index (χ2v) is 7.35. The van der Waals surface area contributed by atoms with Gasteiger partial charge in [0.15, 0.2) is 6.61 Å². The number of benzene rings is 2. The van der Waals surface area contributed by atoms with Crippen LogP contribution in [0, 0.1) is 13.8 Å². The average molecular weight is 389 g/mol. The molecular formula is C24H23NO4. The highest BCUT2D eigenvalue weighted by Crippen LogP contribution is 2.26. The maximum absolute atomic E-state index is 12.6. The number of para-hydroxylation sites is 1. The van der Waals surface area contributed by atoms with Crippen LogP contribution >= 0.6 is 0 Å². The van der Waals surface area contributed by atoms with Crippen LogP contribution in [0.25, 0.3) is 21.9 Å².